The van der Waals surface area contributed by atoms with Crippen molar-refractivity contribution in [1.29, 1.82) is 0 Å². The Morgan fingerprint density at radius 3 is 2.46 bits per heavy atom. The molecule has 1 aliphatic heterocycles. The van der Waals surface area contributed by atoms with Crippen LogP contribution in [0.25, 0.3) is 0 Å². The van der Waals surface area contributed by atoms with Crippen molar-refractivity contribution in [2.24, 2.45) is 0 Å². The molecular weight excluding hydrogens is 376 g/mol. The first-order chi connectivity index (χ1) is 13.6. The number of rotatable bonds is 7. The molecule has 1 fully saturated rings. The number of hydrogen-bond donors (Lipinski definition) is 1. The molecule has 0 spiro atoms. The fraction of sp³-hybridized carbons (Fsp3) is 0.333. The summed E-state index contributed by atoms with van der Waals surface area (Å²) in [7, 11) is 0. The van der Waals surface area contributed by atoms with Gasteiger partial charge in [0.1, 0.15) is 0 Å². The lowest BCUT2D eigenvalue weighted by atomic mass is 10.2. The SMILES string of the molecule is CC(OC(=O)CSc1ccccc1)C(=O)Nc1ccc(N2CCOCC2)cc1. The molecule has 0 radical (unpaired) electrons. The lowest BCUT2D eigenvalue weighted by Crippen LogP contribution is -2.36. The van der Waals surface area contributed by atoms with Crippen LogP contribution in [-0.2, 0) is 19.1 Å². The van der Waals surface area contributed by atoms with E-state index in [0.29, 0.717) is 5.69 Å². The third-order valence-electron chi connectivity index (χ3n) is 4.29. The summed E-state index contributed by atoms with van der Waals surface area (Å²) in [5, 5.41) is 2.78. The maximum Gasteiger partial charge on any atom is 0.317 e. The molecule has 1 unspecified atom stereocenters. The first-order valence-corrected chi connectivity index (χ1v) is 10.2. The molecule has 148 valence electrons. The van der Waals surface area contributed by atoms with E-state index in [1.807, 2.05) is 54.6 Å². The van der Waals surface area contributed by atoms with Crippen molar-refractivity contribution in [2.75, 3.05) is 42.3 Å². The monoisotopic (exact) mass is 400 g/mol. The fourth-order valence-electron chi connectivity index (χ4n) is 2.76. The van der Waals surface area contributed by atoms with E-state index >= 15 is 0 Å². The molecule has 0 bridgehead atoms. The summed E-state index contributed by atoms with van der Waals surface area (Å²) in [6.07, 6.45) is -0.859. The average Bonchev–Trinajstić information content (AvgIpc) is 2.74. The van der Waals surface area contributed by atoms with Gasteiger partial charge in [0.05, 0.1) is 19.0 Å². The summed E-state index contributed by atoms with van der Waals surface area (Å²) < 4.78 is 10.6. The molecule has 1 amide bonds. The van der Waals surface area contributed by atoms with Crippen molar-refractivity contribution in [3.8, 4) is 0 Å². The number of carbonyl (C=O) groups is 2. The first-order valence-electron chi connectivity index (χ1n) is 9.23. The molecule has 2 aromatic rings. The van der Waals surface area contributed by atoms with E-state index in [1.54, 1.807) is 6.92 Å². The Labute approximate surface area is 169 Å². The van der Waals surface area contributed by atoms with Crippen molar-refractivity contribution in [2.45, 2.75) is 17.9 Å². The van der Waals surface area contributed by atoms with Gasteiger partial charge in [-0.3, -0.25) is 9.59 Å². The number of thioether (sulfide) groups is 1. The molecule has 6 nitrogen and oxygen atoms in total. The highest BCUT2D eigenvalue weighted by Gasteiger charge is 2.18. The Balaban J connectivity index is 1.44. The Morgan fingerprint density at radius 1 is 1.11 bits per heavy atom. The Bertz CT molecular complexity index is 777. The standard InChI is InChI=1S/C21H24N2O4S/c1-16(27-20(24)15-28-19-5-3-2-4-6-19)21(25)22-17-7-9-18(10-8-17)23-11-13-26-14-12-23/h2-10,16H,11-15H2,1H3,(H,22,25). The fourth-order valence-corrected chi connectivity index (χ4v) is 3.47. The smallest absolute Gasteiger partial charge is 0.317 e. The lowest BCUT2D eigenvalue weighted by Gasteiger charge is -2.28. The number of amides is 1. The quantitative estimate of drug-likeness (QED) is 0.569. The van der Waals surface area contributed by atoms with Crippen LogP contribution < -0.4 is 10.2 Å². The van der Waals surface area contributed by atoms with Crippen LogP contribution >= 0.6 is 11.8 Å². The highest BCUT2D eigenvalue weighted by molar-refractivity contribution is 8.00. The third-order valence-corrected chi connectivity index (χ3v) is 5.27. The number of nitrogens with zero attached hydrogens (tertiary/aromatic N) is 1. The Kier molecular flexibility index (Phi) is 7.33. The normalized spacial score (nSPS) is 15.0. The zero-order valence-corrected chi connectivity index (χ0v) is 16.6. The number of carbonyl (C=O) groups excluding carboxylic acids is 2. The number of nitrogens with one attached hydrogen (secondary N) is 1. The van der Waals surface area contributed by atoms with Crippen molar-refractivity contribution >= 4 is 35.0 Å². The molecule has 0 aliphatic carbocycles. The number of anilines is 2. The van der Waals surface area contributed by atoms with Gasteiger partial charge in [-0.15, -0.1) is 11.8 Å². The number of ether oxygens (including phenoxy) is 2. The minimum Gasteiger partial charge on any atom is -0.452 e. The highest BCUT2D eigenvalue weighted by Crippen LogP contribution is 2.20. The summed E-state index contributed by atoms with van der Waals surface area (Å²) >= 11 is 1.38. The minimum absolute atomic E-state index is 0.163. The van der Waals surface area contributed by atoms with Crippen LogP contribution in [-0.4, -0.2) is 50.0 Å². The van der Waals surface area contributed by atoms with Gasteiger partial charge < -0.3 is 19.7 Å². The molecular formula is C21H24N2O4S. The van der Waals surface area contributed by atoms with Crippen molar-refractivity contribution in [3.63, 3.8) is 0 Å². The predicted octanol–water partition coefficient (Wildman–Crippen LogP) is 3.19. The second-order valence-corrected chi connectivity index (χ2v) is 7.42. The van der Waals surface area contributed by atoms with Gasteiger partial charge in [-0.25, -0.2) is 0 Å². The Morgan fingerprint density at radius 2 is 1.79 bits per heavy atom. The zero-order chi connectivity index (χ0) is 19.8. The van der Waals surface area contributed by atoms with Crippen molar-refractivity contribution in [3.05, 3.63) is 54.6 Å². The van der Waals surface area contributed by atoms with Crippen LogP contribution in [0.3, 0.4) is 0 Å². The number of benzene rings is 2. The second-order valence-electron chi connectivity index (χ2n) is 6.37. The van der Waals surface area contributed by atoms with E-state index in [9.17, 15) is 9.59 Å². The maximum atomic E-state index is 12.3. The molecule has 7 heteroatoms. The summed E-state index contributed by atoms with van der Waals surface area (Å²) in [5.41, 5.74) is 1.77. The van der Waals surface area contributed by atoms with E-state index in [1.165, 1.54) is 11.8 Å². The van der Waals surface area contributed by atoms with E-state index in [0.717, 1.165) is 36.9 Å². The summed E-state index contributed by atoms with van der Waals surface area (Å²) in [6.45, 7) is 4.75. The van der Waals surface area contributed by atoms with Gasteiger partial charge in [0.15, 0.2) is 6.10 Å². The highest BCUT2D eigenvalue weighted by atomic mass is 32.2. The van der Waals surface area contributed by atoms with E-state index in [4.69, 9.17) is 9.47 Å². The number of hydrogen-bond acceptors (Lipinski definition) is 6. The molecule has 1 atom stereocenters. The third kappa shape index (κ3) is 6.00. The average molecular weight is 401 g/mol. The molecule has 1 heterocycles. The van der Waals surface area contributed by atoms with Crippen LogP contribution in [0.2, 0.25) is 0 Å². The molecule has 1 aliphatic rings. The largest absolute Gasteiger partial charge is 0.452 e. The van der Waals surface area contributed by atoms with E-state index in [2.05, 4.69) is 10.2 Å². The number of morpholine rings is 1. The van der Waals surface area contributed by atoms with Gasteiger partial charge in [-0.05, 0) is 43.3 Å². The van der Waals surface area contributed by atoms with Crippen LogP contribution in [0, 0.1) is 0 Å². The molecule has 1 N–H and O–H groups in total. The van der Waals surface area contributed by atoms with E-state index in [-0.39, 0.29) is 11.7 Å². The summed E-state index contributed by atoms with van der Waals surface area (Å²) in [4.78, 5) is 27.5. The van der Waals surface area contributed by atoms with Gasteiger partial charge in [0.25, 0.3) is 5.91 Å². The van der Waals surface area contributed by atoms with Crippen LogP contribution in [0.15, 0.2) is 59.5 Å². The lowest BCUT2D eigenvalue weighted by molar-refractivity contribution is -0.150. The van der Waals surface area contributed by atoms with Crippen molar-refractivity contribution < 1.29 is 19.1 Å². The maximum absolute atomic E-state index is 12.3. The Hall–Kier alpha value is -2.51. The van der Waals surface area contributed by atoms with Crippen LogP contribution in [0.1, 0.15) is 6.92 Å². The van der Waals surface area contributed by atoms with Gasteiger partial charge >= 0.3 is 5.97 Å². The molecule has 28 heavy (non-hydrogen) atoms. The van der Waals surface area contributed by atoms with E-state index < -0.39 is 12.1 Å². The predicted molar refractivity (Wildman–Crippen MR) is 111 cm³/mol. The van der Waals surface area contributed by atoms with Gasteiger partial charge in [0.2, 0.25) is 0 Å². The van der Waals surface area contributed by atoms with Crippen LogP contribution in [0.4, 0.5) is 11.4 Å². The molecule has 3 rings (SSSR count). The van der Waals surface area contributed by atoms with Crippen LogP contribution in [0.5, 0.6) is 0 Å². The minimum atomic E-state index is -0.859. The van der Waals surface area contributed by atoms with Crippen molar-refractivity contribution in [1.82, 2.24) is 0 Å². The molecule has 0 aromatic heterocycles. The zero-order valence-electron chi connectivity index (χ0n) is 15.8. The molecule has 2 aromatic carbocycles. The molecule has 0 saturated carbocycles. The van der Waals surface area contributed by atoms with Gasteiger partial charge in [-0.2, -0.15) is 0 Å². The topological polar surface area (TPSA) is 67.9 Å². The first kappa shape index (κ1) is 20.2. The second kappa shape index (κ2) is 10.1. The van der Waals surface area contributed by atoms with Gasteiger partial charge in [0, 0.05) is 29.4 Å². The summed E-state index contributed by atoms with van der Waals surface area (Å²) in [5.74, 6) is -0.605. The number of esters is 1. The van der Waals surface area contributed by atoms with Gasteiger partial charge in [-0.1, -0.05) is 18.2 Å². The summed E-state index contributed by atoms with van der Waals surface area (Å²) in [6, 6.07) is 17.2. The molecule has 1 saturated heterocycles.